The maximum Gasteiger partial charge on any atom is 0.211 e. The molecule has 0 bridgehead atoms. The van der Waals surface area contributed by atoms with Crippen LogP contribution in [0.25, 0.3) is 10.8 Å². The molecular formula is C17H13NO5S. The molecule has 2 aromatic rings. The van der Waals surface area contributed by atoms with Crippen LogP contribution in [0.2, 0.25) is 0 Å². The van der Waals surface area contributed by atoms with Crippen molar-refractivity contribution in [2.45, 2.75) is 6.61 Å². The first kappa shape index (κ1) is 15.0. The summed E-state index contributed by atoms with van der Waals surface area (Å²) in [6, 6.07) is 8.33. The van der Waals surface area contributed by atoms with Gasteiger partial charge in [0.05, 0.1) is 12.4 Å². The molecule has 0 amide bonds. The van der Waals surface area contributed by atoms with Gasteiger partial charge >= 0.3 is 0 Å². The number of aliphatic hydroxyl groups excluding tert-OH is 1. The Morgan fingerprint density at radius 1 is 1.00 bits per heavy atom. The molecule has 1 heterocycles. The van der Waals surface area contributed by atoms with Gasteiger partial charge in [0, 0.05) is 17.7 Å². The van der Waals surface area contributed by atoms with Crippen LogP contribution in [-0.4, -0.2) is 37.4 Å². The number of allylic oxidation sites excluding steroid dienone is 2. The molecule has 2 aromatic carbocycles. The topological polar surface area (TPSA) is 101 Å². The number of ketones is 2. The van der Waals surface area contributed by atoms with Crippen LogP contribution in [0.3, 0.4) is 0 Å². The number of rotatable bonds is 1. The summed E-state index contributed by atoms with van der Waals surface area (Å²) < 4.78 is 24.5. The molecule has 2 aliphatic rings. The molecule has 1 aliphatic carbocycles. The van der Waals surface area contributed by atoms with Gasteiger partial charge in [-0.15, -0.1) is 0 Å². The Morgan fingerprint density at radius 2 is 1.71 bits per heavy atom. The lowest BCUT2D eigenvalue weighted by Crippen LogP contribution is -2.40. The smallest absolute Gasteiger partial charge is 0.211 e. The number of aliphatic hydroxyl groups is 1. The second-order valence-electron chi connectivity index (χ2n) is 5.85. The number of hydrogen-bond donors (Lipinski definition) is 2. The van der Waals surface area contributed by atoms with E-state index in [1.54, 1.807) is 24.3 Å². The predicted molar refractivity (Wildman–Crippen MR) is 87.3 cm³/mol. The zero-order valence-corrected chi connectivity index (χ0v) is 13.3. The number of carbonyl (C=O) groups excluding carboxylic acids is 2. The van der Waals surface area contributed by atoms with Gasteiger partial charge in [0.1, 0.15) is 10.6 Å². The van der Waals surface area contributed by atoms with Gasteiger partial charge in [0.2, 0.25) is 11.6 Å². The predicted octanol–water partition coefficient (Wildman–Crippen LogP) is 0.941. The van der Waals surface area contributed by atoms with E-state index in [9.17, 15) is 23.1 Å². The van der Waals surface area contributed by atoms with Crippen molar-refractivity contribution in [3.05, 3.63) is 57.6 Å². The largest absolute Gasteiger partial charge is 0.392 e. The Kier molecular flexibility index (Phi) is 3.13. The first-order chi connectivity index (χ1) is 11.4. The summed E-state index contributed by atoms with van der Waals surface area (Å²) in [5, 5.41) is 13.4. The highest BCUT2D eigenvalue weighted by Crippen LogP contribution is 2.33. The Bertz CT molecular complexity index is 1070. The molecule has 24 heavy (non-hydrogen) atoms. The van der Waals surface area contributed by atoms with Gasteiger partial charge in [0.15, 0.2) is 9.84 Å². The van der Waals surface area contributed by atoms with Crippen molar-refractivity contribution in [2.75, 3.05) is 12.3 Å². The molecule has 0 radical (unpaired) electrons. The maximum atomic E-state index is 12.7. The summed E-state index contributed by atoms with van der Waals surface area (Å²) in [4.78, 5) is 25.0. The highest BCUT2D eigenvalue weighted by Gasteiger charge is 2.41. The van der Waals surface area contributed by atoms with E-state index in [4.69, 9.17) is 0 Å². The lowest BCUT2D eigenvalue weighted by Gasteiger charge is -2.25. The zero-order chi connectivity index (χ0) is 17.1. The molecule has 6 nitrogen and oxygen atoms in total. The highest BCUT2D eigenvalue weighted by atomic mass is 32.2. The molecule has 1 aliphatic heterocycles. The number of Topliss-reactive ketones (excluding diaryl/α,β-unsaturated/α-hetero) is 2. The summed E-state index contributed by atoms with van der Waals surface area (Å²) in [5.74, 6) is -1.33. The third-order valence-electron chi connectivity index (χ3n) is 4.36. The van der Waals surface area contributed by atoms with Crippen LogP contribution in [0.1, 0.15) is 26.3 Å². The number of hydrogen-bond acceptors (Lipinski definition) is 6. The van der Waals surface area contributed by atoms with E-state index in [1.807, 2.05) is 0 Å². The van der Waals surface area contributed by atoms with Gasteiger partial charge < -0.3 is 10.4 Å². The summed E-state index contributed by atoms with van der Waals surface area (Å²) in [6.45, 7) is -0.0313. The molecule has 0 saturated carbocycles. The molecule has 0 saturated heterocycles. The van der Waals surface area contributed by atoms with Gasteiger partial charge in [-0.1, -0.05) is 12.1 Å². The van der Waals surface area contributed by atoms with Crippen LogP contribution in [-0.2, 0) is 16.4 Å². The quantitative estimate of drug-likeness (QED) is 0.799. The van der Waals surface area contributed by atoms with Crippen molar-refractivity contribution in [1.82, 2.24) is 5.32 Å². The average Bonchev–Trinajstić information content (AvgIpc) is 2.57. The molecule has 0 unspecified atom stereocenters. The molecular weight excluding hydrogens is 330 g/mol. The average molecular weight is 343 g/mol. The van der Waals surface area contributed by atoms with E-state index < -0.39 is 26.3 Å². The fourth-order valence-electron chi connectivity index (χ4n) is 3.16. The molecule has 122 valence electrons. The number of fused-ring (bicyclic) bond motifs is 2. The lowest BCUT2D eigenvalue weighted by atomic mass is 9.89. The molecule has 0 fully saturated rings. The van der Waals surface area contributed by atoms with Crippen molar-refractivity contribution in [2.24, 2.45) is 0 Å². The van der Waals surface area contributed by atoms with E-state index in [0.29, 0.717) is 10.9 Å². The Hall–Kier alpha value is -2.51. The molecule has 0 aromatic heterocycles. The number of benzene rings is 2. The van der Waals surface area contributed by atoms with Gasteiger partial charge in [-0.2, -0.15) is 0 Å². The van der Waals surface area contributed by atoms with Crippen LogP contribution in [0, 0.1) is 0 Å². The second-order valence-corrected chi connectivity index (χ2v) is 7.89. The third-order valence-corrected chi connectivity index (χ3v) is 6.11. The van der Waals surface area contributed by atoms with Gasteiger partial charge in [0.25, 0.3) is 0 Å². The van der Waals surface area contributed by atoms with Crippen LogP contribution < -0.4 is 5.32 Å². The fraction of sp³-hybridized carbons (Fsp3) is 0.176. The number of carbonyl (C=O) groups is 2. The van der Waals surface area contributed by atoms with E-state index in [1.165, 1.54) is 6.07 Å². The summed E-state index contributed by atoms with van der Waals surface area (Å²) in [7, 11) is -3.77. The van der Waals surface area contributed by atoms with Crippen molar-refractivity contribution >= 4 is 32.2 Å². The third kappa shape index (κ3) is 2.02. The van der Waals surface area contributed by atoms with E-state index >= 15 is 0 Å². The Balaban J connectivity index is 2.00. The minimum absolute atomic E-state index is 0.0913. The van der Waals surface area contributed by atoms with Crippen LogP contribution in [0.4, 0.5) is 0 Å². The van der Waals surface area contributed by atoms with Gasteiger partial charge in [-0.05, 0) is 34.5 Å². The molecule has 4 rings (SSSR count). The van der Waals surface area contributed by atoms with Crippen molar-refractivity contribution in [1.29, 1.82) is 0 Å². The van der Waals surface area contributed by atoms with Crippen molar-refractivity contribution in [3.8, 4) is 0 Å². The van der Waals surface area contributed by atoms with Crippen molar-refractivity contribution in [3.63, 3.8) is 0 Å². The van der Waals surface area contributed by atoms with Gasteiger partial charge in [-0.3, -0.25) is 9.59 Å². The van der Waals surface area contributed by atoms with Crippen LogP contribution >= 0.6 is 0 Å². The monoisotopic (exact) mass is 343 g/mol. The zero-order valence-electron chi connectivity index (χ0n) is 12.5. The normalized spacial score (nSPS) is 19.0. The Labute approximate surface area is 137 Å². The van der Waals surface area contributed by atoms with Gasteiger partial charge in [-0.25, -0.2) is 8.42 Å². The summed E-state index contributed by atoms with van der Waals surface area (Å²) >= 11 is 0. The maximum absolute atomic E-state index is 12.7. The Morgan fingerprint density at radius 3 is 2.46 bits per heavy atom. The standard InChI is InChI=1S/C17H13NO5S/c19-8-9-1-2-10-6-12-13(7-11(10)5-9)16(21)17-14(15(12)20)18-3-4-24(17,22)23/h1-2,5-7,18-19H,3-4,8H2. The first-order valence-electron chi connectivity index (χ1n) is 7.40. The number of sulfone groups is 1. The SMILES string of the molecule is O=C1C2=C(C(=O)c3cc4cc(CO)ccc4cc31)S(=O)(=O)CCN2. The molecule has 7 heteroatoms. The van der Waals surface area contributed by atoms with Crippen molar-refractivity contribution < 1.29 is 23.1 Å². The fourth-order valence-corrected chi connectivity index (χ4v) is 4.61. The second kappa shape index (κ2) is 4.99. The van der Waals surface area contributed by atoms with Crippen LogP contribution in [0.15, 0.2) is 40.9 Å². The summed E-state index contributed by atoms with van der Waals surface area (Å²) in [5.41, 5.74) is 0.843. The minimum Gasteiger partial charge on any atom is -0.392 e. The first-order valence-corrected chi connectivity index (χ1v) is 9.05. The summed E-state index contributed by atoms with van der Waals surface area (Å²) in [6.07, 6.45) is 0. The molecule has 2 N–H and O–H groups in total. The highest BCUT2D eigenvalue weighted by molar-refractivity contribution is 7.96. The number of nitrogens with one attached hydrogen (secondary N) is 1. The van der Waals surface area contributed by atoms with Crippen LogP contribution in [0.5, 0.6) is 0 Å². The molecule has 0 spiro atoms. The minimum atomic E-state index is -3.77. The van der Waals surface area contributed by atoms with E-state index in [2.05, 4.69) is 5.32 Å². The lowest BCUT2D eigenvalue weighted by molar-refractivity contribution is 0.0974. The van der Waals surface area contributed by atoms with E-state index in [0.717, 1.165) is 5.39 Å². The van der Waals surface area contributed by atoms with E-state index in [-0.39, 0.29) is 35.7 Å². The molecule has 0 atom stereocenters.